The van der Waals surface area contributed by atoms with Gasteiger partial charge in [-0.15, -0.1) is 0 Å². The number of hydrogen-bond donors (Lipinski definition) is 1. The Balaban J connectivity index is 1.51. The second kappa shape index (κ2) is 8.65. The van der Waals surface area contributed by atoms with Gasteiger partial charge in [-0.05, 0) is 18.2 Å². The number of aromatic nitrogens is 4. The molecule has 1 atom stereocenters. The molecule has 0 amide bonds. The van der Waals surface area contributed by atoms with Crippen LogP contribution in [0.2, 0.25) is 0 Å². The van der Waals surface area contributed by atoms with Crippen LogP contribution < -0.4 is 15.0 Å². The molecule has 0 aliphatic carbocycles. The molecule has 3 aromatic rings. The van der Waals surface area contributed by atoms with Gasteiger partial charge in [0.1, 0.15) is 23.5 Å². The topological polar surface area (TPSA) is 68.1 Å². The van der Waals surface area contributed by atoms with Crippen LogP contribution in [0, 0.1) is 5.82 Å². The third kappa shape index (κ3) is 4.99. The summed E-state index contributed by atoms with van der Waals surface area (Å²) in [5, 5.41) is 13.4. The summed E-state index contributed by atoms with van der Waals surface area (Å²) in [7, 11) is 1.47. The standard InChI is InChI=1S/C20H17F7N6O/c1-32-18(16(8-30-32)17(20(25,26)27)31-13-2-3-28-29-7-13)33-9-15(10-33)34-14-5-11(19(22,23)24)4-12(21)6-14/h2-8,15,17H,9-10H2,1H3,(H,28,31). The Bertz CT molecular complexity index is 1140. The fraction of sp³-hybridized carbons (Fsp3) is 0.350. The van der Waals surface area contributed by atoms with Crippen LogP contribution in [0.3, 0.4) is 0 Å². The van der Waals surface area contributed by atoms with Gasteiger partial charge in [-0.1, -0.05) is 0 Å². The molecule has 0 radical (unpaired) electrons. The molecule has 3 heterocycles. The SMILES string of the molecule is Cn1ncc(C(Nc2ccnnc2)C(F)(F)F)c1N1CC(Oc2cc(F)cc(C(F)(F)F)c2)C1. The molecule has 1 saturated heterocycles. The number of anilines is 2. The average Bonchev–Trinajstić information content (AvgIpc) is 3.08. The molecule has 4 rings (SSSR count). The van der Waals surface area contributed by atoms with Crippen molar-refractivity contribution in [3.63, 3.8) is 0 Å². The molecule has 1 fully saturated rings. The first-order valence-corrected chi connectivity index (χ1v) is 9.83. The first kappa shape index (κ1) is 23.6. The molecule has 1 N–H and O–H groups in total. The van der Waals surface area contributed by atoms with Gasteiger partial charge in [-0.2, -0.15) is 41.6 Å². The smallest absolute Gasteiger partial charge is 0.416 e. The Morgan fingerprint density at radius 1 is 1.06 bits per heavy atom. The van der Waals surface area contributed by atoms with Crippen molar-refractivity contribution in [2.24, 2.45) is 7.05 Å². The largest absolute Gasteiger partial charge is 0.487 e. The second-order valence-electron chi connectivity index (χ2n) is 7.62. The normalized spacial score (nSPS) is 15.7. The summed E-state index contributed by atoms with van der Waals surface area (Å²) in [5.41, 5.74) is -1.25. The molecule has 0 saturated carbocycles. The van der Waals surface area contributed by atoms with Crippen LogP contribution >= 0.6 is 0 Å². The number of nitrogens with one attached hydrogen (secondary N) is 1. The van der Waals surface area contributed by atoms with E-state index in [1.807, 2.05) is 0 Å². The van der Waals surface area contributed by atoms with E-state index in [9.17, 15) is 30.7 Å². The van der Waals surface area contributed by atoms with Crippen molar-refractivity contribution in [2.45, 2.75) is 24.5 Å². The van der Waals surface area contributed by atoms with Gasteiger partial charge in [0.25, 0.3) is 0 Å². The molecule has 0 bridgehead atoms. The molecule has 2 aromatic heterocycles. The summed E-state index contributed by atoms with van der Waals surface area (Å²) in [6, 6.07) is 1.07. The van der Waals surface area contributed by atoms with E-state index in [4.69, 9.17) is 4.74 Å². The van der Waals surface area contributed by atoms with E-state index >= 15 is 0 Å². The Hall–Kier alpha value is -3.58. The lowest BCUT2D eigenvalue weighted by molar-refractivity contribution is -0.144. The summed E-state index contributed by atoms with van der Waals surface area (Å²) < 4.78 is 101. The number of ether oxygens (including phenoxy) is 1. The monoisotopic (exact) mass is 490 g/mol. The highest BCUT2D eigenvalue weighted by Gasteiger charge is 2.45. The third-order valence-electron chi connectivity index (χ3n) is 5.12. The maximum atomic E-state index is 13.9. The molecule has 1 aliphatic rings. The van der Waals surface area contributed by atoms with Gasteiger partial charge in [-0.3, -0.25) is 4.68 Å². The van der Waals surface area contributed by atoms with Gasteiger partial charge in [0, 0.05) is 18.7 Å². The van der Waals surface area contributed by atoms with Crippen molar-refractivity contribution in [3.8, 4) is 5.75 Å². The summed E-state index contributed by atoms with van der Waals surface area (Å²) in [6.07, 6.45) is -6.61. The first-order valence-electron chi connectivity index (χ1n) is 9.83. The molecular weight excluding hydrogens is 473 g/mol. The number of aryl methyl sites for hydroxylation is 1. The summed E-state index contributed by atoms with van der Waals surface area (Å²) in [6.45, 7) is 0.123. The number of hydrogen-bond acceptors (Lipinski definition) is 6. The van der Waals surface area contributed by atoms with Crippen LogP contribution in [0.25, 0.3) is 0 Å². The maximum absolute atomic E-state index is 13.9. The highest BCUT2D eigenvalue weighted by Crippen LogP contribution is 2.41. The number of rotatable bonds is 6. The number of alkyl halides is 6. The average molecular weight is 490 g/mol. The van der Waals surface area contributed by atoms with E-state index in [1.165, 1.54) is 24.0 Å². The van der Waals surface area contributed by atoms with E-state index < -0.39 is 35.9 Å². The lowest BCUT2D eigenvalue weighted by Crippen LogP contribution is -2.55. The lowest BCUT2D eigenvalue weighted by atomic mass is 10.1. The van der Waals surface area contributed by atoms with E-state index in [-0.39, 0.29) is 35.9 Å². The second-order valence-corrected chi connectivity index (χ2v) is 7.62. The summed E-state index contributed by atoms with van der Waals surface area (Å²) in [5.74, 6) is -1.27. The highest BCUT2D eigenvalue weighted by atomic mass is 19.4. The van der Waals surface area contributed by atoms with Crippen LogP contribution in [-0.2, 0) is 13.2 Å². The van der Waals surface area contributed by atoms with Crippen molar-refractivity contribution in [3.05, 3.63) is 59.8 Å². The fourth-order valence-corrected chi connectivity index (χ4v) is 3.59. The van der Waals surface area contributed by atoms with E-state index in [0.717, 1.165) is 18.5 Å². The minimum atomic E-state index is -4.75. The molecule has 0 spiro atoms. The van der Waals surface area contributed by atoms with Crippen molar-refractivity contribution in [1.29, 1.82) is 0 Å². The van der Waals surface area contributed by atoms with Crippen molar-refractivity contribution >= 4 is 11.5 Å². The molecule has 1 aliphatic heterocycles. The molecule has 34 heavy (non-hydrogen) atoms. The molecule has 1 unspecified atom stereocenters. The number of nitrogens with zero attached hydrogens (tertiary/aromatic N) is 5. The van der Waals surface area contributed by atoms with Gasteiger partial charge in [-0.25, -0.2) is 4.39 Å². The molecule has 7 nitrogen and oxygen atoms in total. The van der Waals surface area contributed by atoms with Crippen molar-refractivity contribution < 1.29 is 35.5 Å². The van der Waals surface area contributed by atoms with Crippen molar-refractivity contribution in [2.75, 3.05) is 23.3 Å². The first-order chi connectivity index (χ1) is 15.9. The number of benzene rings is 1. The van der Waals surface area contributed by atoms with E-state index in [0.29, 0.717) is 12.1 Å². The lowest BCUT2D eigenvalue weighted by Gasteiger charge is -2.41. The van der Waals surface area contributed by atoms with Crippen LogP contribution in [0.1, 0.15) is 17.2 Å². The zero-order valence-electron chi connectivity index (χ0n) is 17.4. The zero-order valence-corrected chi connectivity index (χ0v) is 17.4. The minimum Gasteiger partial charge on any atom is -0.487 e. The van der Waals surface area contributed by atoms with Gasteiger partial charge < -0.3 is 15.0 Å². The Morgan fingerprint density at radius 3 is 2.41 bits per heavy atom. The predicted molar refractivity (Wildman–Crippen MR) is 106 cm³/mol. The summed E-state index contributed by atoms with van der Waals surface area (Å²) in [4.78, 5) is 1.54. The van der Waals surface area contributed by atoms with Crippen LogP contribution in [0.5, 0.6) is 5.75 Å². The van der Waals surface area contributed by atoms with Crippen LogP contribution in [-0.4, -0.2) is 45.3 Å². The Labute approximate surface area is 188 Å². The zero-order chi connectivity index (χ0) is 24.7. The van der Waals surface area contributed by atoms with Gasteiger partial charge >= 0.3 is 12.4 Å². The molecule has 14 heteroatoms. The van der Waals surface area contributed by atoms with Crippen molar-refractivity contribution in [1.82, 2.24) is 20.0 Å². The third-order valence-corrected chi connectivity index (χ3v) is 5.12. The Kier molecular flexibility index (Phi) is 6.00. The van der Waals surface area contributed by atoms with Gasteiger partial charge in [0.15, 0.2) is 6.04 Å². The number of halogens is 7. The van der Waals surface area contributed by atoms with Crippen LogP contribution in [0.4, 0.5) is 42.2 Å². The minimum absolute atomic E-state index is 0.0613. The Morgan fingerprint density at radius 2 is 1.79 bits per heavy atom. The summed E-state index contributed by atoms with van der Waals surface area (Å²) >= 11 is 0. The van der Waals surface area contributed by atoms with Gasteiger partial charge in [0.2, 0.25) is 0 Å². The molecule has 182 valence electrons. The van der Waals surface area contributed by atoms with Crippen LogP contribution in [0.15, 0.2) is 42.9 Å². The molecule has 1 aromatic carbocycles. The van der Waals surface area contributed by atoms with E-state index in [1.54, 1.807) is 4.90 Å². The maximum Gasteiger partial charge on any atom is 0.416 e. The predicted octanol–water partition coefficient (Wildman–Crippen LogP) is 4.35. The molecular formula is C20H17F7N6O. The highest BCUT2D eigenvalue weighted by molar-refractivity contribution is 5.55. The quantitative estimate of drug-likeness (QED) is 0.519. The van der Waals surface area contributed by atoms with E-state index in [2.05, 4.69) is 20.6 Å². The fourth-order valence-electron chi connectivity index (χ4n) is 3.59. The van der Waals surface area contributed by atoms with Gasteiger partial charge in [0.05, 0.1) is 42.9 Å².